The molecule has 1 heterocycles. The van der Waals surface area contributed by atoms with Gasteiger partial charge in [-0.15, -0.1) is 0 Å². The zero-order chi connectivity index (χ0) is 16.9. The standard InChI is InChI=1S/C19H29NO4/c1-13-4-3-5-17(14(13)2)20-9-16(21)11-22-10-15-6-7-18-19(8-15)24-12-23-18/h6-8,13-14,16-17,20-21H,3-5,9-12H2,1-2H3/t13-,14+,16-,17-/m0/s1. The molecule has 1 aliphatic heterocycles. The minimum atomic E-state index is -0.483. The van der Waals surface area contributed by atoms with E-state index in [0.29, 0.717) is 31.7 Å². The van der Waals surface area contributed by atoms with Crippen molar-refractivity contribution in [2.75, 3.05) is 19.9 Å². The molecule has 5 nitrogen and oxygen atoms in total. The average Bonchev–Trinajstić information content (AvgIpc) is 3.04. The van der Waals surface area contributed by atoms with E-state index >= 15 is 0 Å². The first-order chi connectivity index (χ1) is 11.6. The van der Waals surface area contributed by atoms with Crippen LogP contribution in [0.4, 0.5) is 0 Å². The number of aliphatic hydroxyl groups excluding tert-OH is 1. The van der Waals surface area contributed by atoms with E-state index in [1.54, 1.807) is 0 Å². The molecule has 0 radical (unpaired) electrons. The highest BCUT2D eigenvalue weighted by Crippen LogP contribution is 2.32. The highest BCUT2D eigenvalue weighted by molar-refractivity contribution is 5.44. The van der Waals surface area contributed by atoms with Crippen molar-refractivity contribution < 1.29 is 19.3 Å². The zero-order valence-corrected chi connectivity index (χ0v) is 14.7. The second kappa shape index (κ2) is 8.19. The minimum absolute atomic E-state index is 0.280. The van der Waals surface area contributed by atoms with Crippen LogP contribution in [0.15, 0.2) is 18.2 Å². The zero-order valence-electron chi connectivity index (χ0n) is 14.7. The number of hydrogen-bond donors (Lipinski definition) is 2. The van der Waals surface area contributed by atoms with Gasteiger partial charge in [-0.2, -0.15) is 0 Å². The van der Waals surface area contributed by atoms with Crippen LogP contribution >= 0.6 is 0 Å². The molecular formula is C19H29NO4. The molecule has 2 N–H and O–H groups in total. The van der Waals surface area contributed by atoms with Crippen molar-refractivity contribution in [3.8, 4) is 11.5 Å². The lowest BCUT2D eigenvalue weighted by atomic mass is 9.78. The van der Waals surface area contributed by atoms with Crippen molar-refractivity contribution in [3.05, 3.63) is 23.8 Å². The van der Waals surface area contributed by atoms with Crippen molar-refractivity contribution in [1.82, 2.24) is 5.32 Å². The van der Waals surface area contributed by atoms with E-state index in [-0.39, 0.29) is 6.79 Å². The van der Waals surface area contributed by atoms with E-state index in [1.807, 2.05) is 18.2 Å². The van der Waals surface area contributed by atoms with Crippen molar-refractivity contribution in [2.24, 2.45) is 11.8 Å². The van der Waals surface area contributed by atoms with Gasteiger partial charge < -0.3 is 24.6 Å². The number of rotatable bonds is 7. The van der Waals surface area contributed by atoms with Crippen LogP contribution < -0.4 is 14.8 Å². The van der Waals surface area contributed by atoms with Crippen LogP contribution in [0.2, 0.25) is 0 Å². The highest BCUT2D eigenvalue weighted by Gasteiger charge is 2.26. The summed E-state index contributed by atoms with van der Waals surface area (Å²) >= 11 is 0. The Bertz CT molecular complexity index is 536. The average molecular weight is 335 g/mol. The fourth-order valence-corrected chi connectivity index (χ4v) is 3.56. The van der Waals surface area contributed by atoms with Gasteiger partial charge >= 0.3 is 0 Å². The second-order valence-corrected chi connectivity index (χ2v) is 7.14. The summed E-state index contributed by atoms with van der Waals surface area (Å²) in [6.07, 6.45) is 3.32. The lowest BCUT2D eigenvalue weighted by molar-refractivity contribution is 0.0250. The van der Waals surface area contributed by atoms with Crippen LogP contribution in [-0.2, 0) is 11.3 Å². The molecule has 1 aromatic carbocycles. The molecule has 0 aromatic heterocycles. The third-order valence-corrected chi connectivity index (χ3v) is 5.34. The first-order valence-electron chi connectivity index (χ1n) is 9.01. The molecule has 1 fully saturated rings. The van der Waals surface area contributed by atoms with Crippen LogP contribution in [0.1, 0.15) is 38.7 Å². The number of aliphatic hydroxyl groups is 1. The summed E-state index contributed by atoms with van der Waals surface area (Å²) in [5.74, 6) is 2.97. The molecule has 1 aliphatic carbocycles. The molecule has 0 saturated heterocycles. The maximum absolute atomic E-state index is 10.1. The van der Waals surface area contributed by atoms with Gasteiger partial charge in [-0.05, 0) is 36.0 Å². The number of nitrogens with one attached hydrogen (secondary N) is 1. The summed E-state index contributed by atoms with van der Waals surface area (Å²) in [5.41, 5.74) is 1.02. The van der Waals surface area contributed by atoms with E-state index in [2.05, 4.69) is 19.2 Å². The van der Waals surface area contributed by atoms with E-state index in [1.165, 1.54) is 19.3 Å². The molecule has 1 saturated carbocycles. The largest absolute Gasteiger partial charge is 0.454 e. The van der Waals surface area contributed by atoms with Crippen molar-refractivity contribution in [1.29, 1.82) is 0 Å². The molecule has 0 unspecified atom stereocenters. The van der Waals surface area contributed by atoms with Gasteiger partial charge in [0.1, 0.15) is 0 Å². The molecular weight excluding hydrogens is 306 g/mol. The van der Waals surface area contributed by atoms with Crippen LogP contribution in [0.25, 0.3) is 0 Å². The van der Waals surface area contributed by atoms with Gasteiger partial charge in [0.15, 0.2) is 11.5 Å². The lowest BCUT2D eigenvalue weighted by Gasteiger charge is -2.35. The third kappa shape index (κ3) is 4.41. The molecule has 2 aliphatic rings. The maximum atomic E-state index is 10.1. The second-order valence-electron chi connectivity index (χ2n) is 7.14. The first kappa shape index (κ1) is 17.5. The molecule has 0 amide bonds. The van der Waals surface area contributed by atoms with Crippen LogP contribution in [0.3, 0.4) is 0 Å². The van der Waals surface area contributed by atoms with E-state index < -0.39 is 6.10 Å². The maximum Gasteiger partial charge on any atom is 0.231 e. The number of benzene rings is 1. The highest BCUT2D eigenvalue weighted by atomic mass is 16.7. The smallest absolute Gasteiger partial charge is 0.231 e. The number of ether oxygens (including phenoxy) is 3. The molecule has 24 heavy (non-hydrogen) atoms. The predicted octanol–water partition coefficient (Wildman–Crippen LogP) is 2.71. The Morgan fingerprint density at radius 1 is 1.25 bits per heavy atom. The molecule has 0 spiro atoms. The van der Waals surface area contributed by atoms with Crippen molar-refractivity contribution in [2.45, 2.75) is 51.9 Å². The van der Waals surface area contributed by atoms with Gasteiger partial charge in [0.2, 0.25) is 6.79 Å². The van der Waals surface area contributed by atoms with Crippen LogP contribution in [0.5, 0.6) is 11.5 Å². The van der Waals surface area contributed by atoms with Crippen LogP contribution in [0, 0.1) is 11.8 Å². The molecule has 134 valence electrons. The lowest BCUT2D eigenvalue weighted by Crippen LogP contribution is -2.44. The third-order valence-electron chi connectivity index (χ3n) is 5.34. The summed E-state index contributed by atoms with van der Waals surface area (Å²) in [6, 6.07) is 6.30. The topological polar surface area (TPSA) is 60.0 Å². The Kier molecular flexibility index (Phi) is 5.98. The van der Waals surface area contributed by atoms with E-state index in [0.717, 1.165) is 23.0 Å². The van der Waals surface area contributed by atoms with Gasteiger partial charge in [-0.25, -0.2) is 0 Å². The molecule has 5 heteroatoms. The number of fused-ring (bicyclic) bond motifs is 1. The molecule has 1 aromatic rings. The molecule has 0 bridgehead atoms. The summed E-state index contributed by atoms with van der Waals surface area (Å²) < 4.78 is 16.3. The van der Waals surface area contributed by atoms with Gasteiger partial charge in [-0.1, -0.05) is 32.8 Å². The Labute approximate surface area is 144 Å². The monoisotopic (exact) mass is 335 g/mol. The molecule has 3 rings (SSSR count). The van der Waals surface area contributed by atoms with Gasteiger partial charge in [0, 0.05) is 12.6 Å². The summed E-state index contributed by atoms with van der Waals surface area (Å²) in [4.78, 5) is 0. The Balaban J connectivity index is 1.36. The Morgan fingerprint density at radius 2 is 2.08 bits per heavy atom. The first-order valence-corrected chi connectivity index (χ1v) is 9.01. The summed E-state index contributed by atoms with van der Waals surface area (Å²) in [7, 11) is 0. The quantitative estimate of drug-likeness (QED) is 0.802. The SMILES string of the molecule is C[C@H]1[C@@H](NC[C@H](O)COCc2ccc3c(c2)OCO3)CCC[C@@H]1C. The van der Waals surface area contributed by atoms with Gasteiger partial charge in [0.05, 0.1) is 19.3 Å². The van der Waals surface area contributed by atoms with E-state index in [9.17, 15) is 5.11 Å². The Morgan fingerprint density at radius 3 is 2.96 bits per heavy atom. The van der Waals surface area contributed by atoms with Gasteiger partial charge in [0.25, 0.3) is 0 Å². The van der Waals surface area contributed by atoms with E-state index in [4.69, 9.17) is 14.2 Å². The van der Waals surface area contributed by atoms with Gasteiger partial charge in [-0.3, -0.25) is 0 Å². The molecule has 4 atom stereocenters. The predicted molar refractivity (Wildman–Crippen MR) is 92.2 cm³/mol. The number of hydrogen-bond acceptors (Lipinski definition) is 5. The summed E-state index contributed by atoms with van der Waals surface area (Å²) in [6.45, 7) is 6.29. The Hall–Kier alpha value is -1.30. The van der Waals surface area contributed by atoms with Crippen molar-refractivity contribution in [3.63, 3.8) is 0 Å². The summed E-state index contributed by atoms with van der Waals surface area (Å²) in [5, 5.41) is 13.7. The fraction of sp³-hybridized carbons (Fsp3) is 0.684. The van der Waals surface area contributed by atoms with Crippen molar-refractivity contribution >= 4 is 0 Å². The normalized spacial score (nSPS) is 27.2. The minimum Gasteiger partial charge on any atom is -0.454 e. The van der Waals surface area contributed by atoms with Crippen LogP contribution in [-0.4, -0.2) is 37.2 Å². The fourth-order valence-electron chi connectivity index (χ4n) is 3.56.